The largest absolute Gasteiger partial charge is 0.382 e. The lowest BCUT2D eigenvalue weighted by molar-refractivity contribution is 0.0955. The van der Waals surface area contributed by atoms with Gasteiger partial charge in [0, 0.05) is 24.7 Å². The van der Waals surface area contributed by atoms with E-state index < -0.39 is 0 Å². The summed E-state index contributed by atoms with van der Waals surface area (Å²) >= 11 is 2.82. The van der Waals surface area contributed by atoms with Gasteiger partial charge in [0.2, 0.25) is 0 Å². The SMILES string of the molecule is Nc1nc(N2CCOCC2)sc1C(=O)NCc1nccs1. The van der Waals surface area contributed by atoms with Crippen LogP contribution in [0, 0.1) is 0 Å². The van der Waals surface area contributed by atoms with Crippen molar-refractivity contribution in [1.82, 2.24) is 15.3 Å². The van der Waals surface area contributed by atoms with Crippen LogP contribution >= 0.6 is 22.7 Å². The van der Waals surface area contributed by atoms with Crippen LogP contribution in [0.25, 0.3) is 0 Å². The fourth-order valence-corrected chi connectivity index (χ4v) is 3.46. The van der Waals surface area contributed by atoms with Gasteiger partial charge in [-0.1, -0.05) is 11.3 Å². The van der Waals surface area contributed by atoms with Crippen molar-refractivity contribution in [3.05, 3.63) is 21.5 Å². The molecule has 9 heteroatoms. The first-order valence-electron chi connectivity index (χ1n) is 6.49. The van der Waals surface area contributed by atoms with E-state index in [9.17, 15) is 4.79 Å². The van der Waals surface area contributed by atoms with Gasteiger partial charge in [0.15, 0.2) is 5.13 Å². The number of hydrogen-bond donors (Lipinski definition) is 2. The Bertz CT molecular complexity index is 607. The summed E-state index contributed by atoms with van der Waals surface area (Å²) in [6.45, 7) is 3.29. The maximum Gasteiger partial charge on any atom is 0.265 e. The number of amides is 1. The number of rotatable bonds is 4. The lowest BCUT2D eigenvalue weighted by atomic mass is 10.4. The lowest BCUT2D eigenvalue weighted by Gasteiger charge is -2.25. The molecule has 0 bridgehead atoms. The van der Waals surface area contributed by atoms with Crippen molar-refractivity contribution in [1.29, 1.82) is 0 Å². The molecule has 0 radical (unpaired) electrons. The highest BCUT2D eigenvalue weighted by Crippen LogP contribution is 2.28. The van der Waals surface area contributed by atoms with Crippen LogP contribution < -0.4 is 16.0 Å². The van der Waals surface area contributed by atoms with Crippen LogP contribution in [0.4, 0.5) is 10.9 Å². The van der Waals surface area contributed by atoms with Gasteiger partial charge in [0.05, 0.1) is 19.8 Å². The lowest BCUT2D eigenvalue weighted by Crippen LogP contribution is -2.36. The van der Waals surface area contributed by atoms with Crippen molar-refractivity contribution in [2.75, 3.05) is 36.9 Å². The van der Waals surface area contributed by atoms with Gasteiger partial charge in [-0.2, -0.15) is 0 Å². The molecular formula is C12H15N5O2S2. The molecule has 0 atom stereocenters. The Labute approximate surface area is 129 Å². The summed E-state index contributed by atoms with van der Waals surface area (Å²) in [5.41, 5.74) is 5.87. The predicted molar refractivity (Wildman–Crippen MR) is 82.8 cm³/mol. The molecule has 1 saturated heterocycles. The molecule has 1 aliphatic rings. The van der Waals surface area contributed by atoms with E-state index in [1.807, 2.05) is 5.38 Å². The smallest absolute Gasteiger partial charge is 0.265 e. The molecule has 3 N–H and O–H groups in total. The van der Waals surface area contributed by atoms with Crippen molar-refractivity contribution in [3.8, 4) is 0 Å². The second-order valence-corrected chi connectivity index (χ2v) is 6.38. The van der Waals surface area contributed by atoms with E-state index in [1.165, 1.54) is 22.7 Å². The molecule has 1 fully saturated rings. The highest BCUT2D eigenvalue weighted by atomic mass is 32.1. The zero-order chi connectivity index (χ0) is 14.7. The van der Waals surface area contributed by atoms with Crippen LogP contribution in [0.15, 0.2) is 11.6 Å². The second kappa shape index (κ2) is 6.37. The number of nitrogens with one attached hydrogen (secondary N) is 1. The number of nitrogens with zero attached hydrogens (tertiary/aromatic N) is 3. The van der Waals surface area contributed by atoms with Gasteiger partial charge in [-0.25, -0.2) is 9.97 Å². The van der Waals surface area contributed by atoms with Crippen molar-refractivity contribution in [2.24, 2.45) is 0 Å². The van der Waals surface area contributed by atoms with Crippen LogP contribution in [0.3, 0.4) is 0 Å². The van der Waals surface area contributed by atoms with Gasteiger partial charge in [-0.15, -0.1) is 11.3 Å². The molecule has 1 amide bonds. The number of thiazole rings is 2. The van der Waals surface area contributed by atoms with Crippen LogP contribution in [0.2, 0.25) is 0 Å². The first-order valence-corrected chi connectivity index (χ1v) is 8.19. The number of anilines is 2. The summed E-state index contributed by atoms with van der Waals surface area (Å²) < 4.78 is 5.30. The zero-order valence-corrected chi connectivity index (χ0v) is 12.9. The van der Waals surface area contributed by atoms with E-state index in [4.69, 9.17) is 10.5 Å². The summed E-state index contributed by atoms with van der Waals surface area (Å²) in [5.74, 6) is 0.0674. The molecule has 0 aromatic carbocycles. The van der Waals surface area contributed by atoms with Crippen molar-refractivity contribution in [2.45, 2.75) is 6.54 Å². The number of nitrogen functional groups attached to an aromatic ring is 1. The number of carbonyl (C=O) groups excluding carboxylic acids is 1. The first kappa shape index (κ1) is 14.2. The molecule has 3 heterocycles. The topological polar surface area (TPSA) is 93.4 Å². The Morgan fingerprint density at radius 1 is 1.48 bits per heavy atom. The molecule has 3 rings (SSSR count). The first-order chi connectivity index (χ1) is 10.2. The maximum atomic E-state index is 12.2. The maximum absolute atomic E-state index is 12.2. The number of ether oxygens (including phenoxy) is 1. The minimum Gasteiger partial charge on any atom is -0.382 e. The summed E-state index contributed by atoms with van der Waals surface area (Å²) in [6.07, 6.45) is 1.71. The minimum absolute atomic E-state index is 0.209. The van der Waals surface area contributed by atoms with Crippen molar-refractivity contribution < 1.29 is 9.53 Å². The normalized spacial score (nSPS) is 15.1. The molecule has 7 nitrogen and oxygen atoms in total. The Morgan fingerprint density at radius 2 is 2.29 bits per heavy atom. The third-order valence-corrected chi connectivity index (χ3v) is 4.92. The Hall–Kier alpha value is -1.71. The number of morpholine rings is 1. The molecule has 2 aromatic rings. The molecular weight excluding hydrogens is 310 g/mol. The highest BCUT2D eigenvalue weighted by molar-refractivity contribution is 7.18. The van der Waals surface area contributed by atoms with Crippen LogP contribution in [0.1, 0.15) is 14.7 Å². The van der Waals surface area contributed by atoms with Crippen LogP contribution in [0.5, 0.6) is 0 Å². The Balaban J connectivity index is 1.66. The minimum atomic E-state index is -0.209. The molecule has 0 aliphatic carbocycles. The van der Waals surface area contributed by atoms with E-state index in [-0.39, 0.29) is 11.7 Å². The predicted octanol–water partition coefficient (Wildman–Crippen LogP) is 0.948. The summed E-state index contributed by atoms with van der Waals surface area (Å²) in [7, 11) is 0. The average Bonchev–Trinajstić information content (AvgIpc) is 3.15. The standard InChI is InChI=1S/C12H15N5O2S2/c13-10-9(11(18)15-7-8-14-1-6-20-8)21-12(16-10)17-2-4-19-5-3-17/h1,6H,2-5,7,13H2,(H,15,18). The quantitative estimate of drug-likeness (QED) is 0.869. The van der Waals surface area contributed by atoms with Gasteiger partial charge in [-0.05, 0) is 0 Å². The summed E-state index contributed by atoms with van der Waals surface area (Å²) in [4.78, 5) is 23.1. The van der Waals surface area contributed by atoms with Crippen molar-refractivity contribution in [3.63, 3.8) is 0 Å². The number of carbonyl (C=O) groups is 1. The van der Waals surface area contributed by atoms with Crippen molar-refractivity contribution >= 4 is 39.5 Å². The molecule has 0 saturated carbocycles. The van der Waals surface area contributed by atoms with Crippen LogP contribution in [-0.4, -0.2) is 42.2 Å². The fourth-order valence-electron chi connectivity index (χ4n) is 1.95. The molecule has 1 aliphatic heterocycles. The summed E-state index contributed by atoms with van der Waals surface area (Å²) in [6, 6.07) is 0. The molecule has 0 spiro atoms. The van der Waals surface area contributed by atoms with E-state index in [1.54, 1.807) is 6.20 Å². The number of aromatic nitrogens is 2. The Morgan fingerprint density at radius 3 is 3.00 bits per heavy atom. The van der Waals surface area contributed by atoms with E-state index in [0.29, 0.717) is 24.6 Å². The van der Waals surface area contributed by atoms with E-state index >= 15 is 0 Å². The van der Waals surface area contributed by atoms with Gasteiger partial charge in [0.25, 0.3) is 5.91 Å². The van der Waals surface area contributed by atoms with E-state index in [0.717, 1.165) is 23.2 Å². The van der Waals surface area contributed by atoms with Crippen LogP contribution in [-0.2, 0) is 11.3 Å². The zero-order valence-electron chi connectivity index (χ0n) is 11.2. The average molecular weight is 325 g/mol. The third-order valence-electron chi connectivity index (χ3n) is 3.01. The fraction of sp³-hybridized carbons (Fsp3) is 0.417. The van der Waals surface area contributed by atoms with E-state index in [2.05, 4.69) is 20.2 Å². The van der Waals surface area contributed by atoms with Gasteiger partial charge in [0.1, 0.15) is 15.7 Å². The number of nitrogens with two attached hydrogens (primary N) is 1. The monoisotopic (exact) mass is 325 g/mol. The molecule has 21 heavy (non-hydrogen) atoms. The number of hydrogen-bond acceptors (Lipinski definition) is 8. The highest BCUT2D eigenvalue weighted by Gasteiger charge is 2.21. The second-order valence-electron chi connectivity index (χ2n) is 4.42. The third kappa shape index (κ3) is 3.31. The van der Waals surface area contributed by atoms with Gasteiger partial charge in [-0.3, -0.25) is 4.79 Å². The molecule has 0 unspecified atom stereocenters. The van der Waals surface area contributed by atoms with Gasteiger partial charge >= 0.3 is 0 Å². The van der Waals surface area contributed by atoms with Gasteiger partial charge < -0.3 is 20.7 Å². The Kier molecular flexibility index (Phi) is 4.32. The molecule has 112 valence electrons. The molecule has 2 aromatic heterocycles. The summed E-state index contributed by atoms with van der Waals surface area (Å²) in [5, 5.41) is 6.32.